The van der Waals surface area contributed by atoms with Gasteiger partial charge in [-0.15, -0.1) is 10.2 Å². The molecule has 0 aliphatic rings. The molecule has 116 valence electrons. The number of anilines is 1. The SMILES string of the molecule is COc1ccc(-c2nnc(NC(=O)c3ccc(Cl)cc3)s2)cc1. The maximum Gasteiger partial charge on any atom is 0.257 e. The Kier molecular flexibility index (Phi) is 4.55. The average Bonchev–Trinajstić information content (AvgIpc) is 3.04. The van der Waals surface area contributed by atoms with Crippen LogP contribution in [0.3, 0.4) is 0 Å². The lowest BCUT2D eigenvalue weighted by molar-refractivity contribution is 0.102. The van der Waals surface area contributed by atoms with Gasteiger partial charge in [-0.3, -0.25) is 10.1 Å². The number of halogens is 1. The van der Waals surface area contributed by atoms with Crippen molar-refractivity contribution in [2.24, 2.45) is 0 Å². The smallest absolute Gasteiger partial charge is 0.257 e. The summed E-state index contributed by atoms with van der Waals surface area (Å²) in [5, 5.41) is 12.6. The molecule has 0 unspecified atom stereocenters. The number of ether oxygens (including phenoxy) is 1. The predicted molar refractivity (Wildman–Crippen MR) is 91.3 cm³/mol. The highest BCUT2D eigenvalue weighted by Gasteiger charge is 2.11. The van der Waals surface area contributed by atoms with Crippen LogP contribution in [0.5, 0.6) is 5.75 Å². The van der Waals surface area contributed by atoms with Gasteiger partial charge in [-0.1, -0.05) is 22.9 Å². The van der Waals surface area contributed by atoms with E-state index in [4.69, 9.17) is 16.3 Å². The van der Waals surface area contributed by atoms with Crippen LogP contribution in [0.1, 0.15) is 10.4 Å². The maximum absolute atomic E-state index is 12.1. The average molecular weight is 346 g/mol. The summed E-state index contributed by atoms with van der Waals surface area (Å²) in [4.78, 5) is 12.1. The lowest BCUT2D eigenvalue weighted by atomic mass is 10.2. The largest absolute Gasteiger partial charge is 0.497 e. The first kappa shape index (κ1) is 15.5. The van der Waals surface area contributed by atoms with E-state index in [1.807, 2.05) is 24.3 Å². The molecule has 1 aromatic heterocycles. The Labute approximate surface area is 141 Å². The summed E-state index contributed by atoms with van der Waals surface area (Å²) in [5.74, 6) is 0.522. The topological polar surface area (TPSA) is 64.1 Å². The van der Waals surface area contributed by atoms with Crippen molar-refractivity contribution in [2.45, 2.75) is 0 Å². The number of rotatable bonds is 4. The first-order chi connectivity index (χ1) is 11.2. The lowest BCUT2D eigenvalue weighted by Crippen LogP contribution is -2.11. The minimum atomic E-state index is -0.251. The molecule has 1 amide bonds. The standard InChI is InChI=1S/C16H12ClN3O2S/c1-22-13-8-4-11(5-9-13)15-19-20-16(23-15)18-14(21)10-2-6-12(17)7-3-10/h2-9H,1H3,(H,18,20,21). The molecular formula is C16H12ClN3O2S. The highest BCUT2D eigenvalue weighted by molar-refractivity contribution is 7.18. The molecule has 0 bridgehead atoms. The molecule has 0 radical (unpaired) electrons. The fourth-order valence-electron chi connectivity index (χ4n) is 1.89. The summed E-state index contributed by atoms with van der Waals surface area (Å²) in [5.41, 5.74) is 1.42. The van der Waals surface area contributed by atoms with Crippen LogP contribution in [0, 0.1) is 0 Å². The molecule has 0 saturated heterocycles. The van der Waals surface area contributed by atoms with Crippen LogP contribution in [-0.2, 0) is 0 Å². The fourth-order valence-corrected chi connectivity index (χ4v) is 2.76. The zero-order chi connectivity index (χ0) is 16.2. The van der Waals surface area contributed by atoms with Gasteiger partial charge in [0.2, 0.25) is 5.13 Å². The van der Waals surface area contributed by atoms with Crippen LogP contribution in [0.25, 0.3) is 10.6 Å². The number of nitrogens with zero attached hydrogens (tertiary/aromatic N) is 2. The van der Waals surface area contributed by atoms with E-state index in [1.54, 1.807) is 31.4 Å². The zero-order valence-electron chi connectivity index (χ0n) is 12.1. The van der Waals surface area contributed by atoms with Crippen LogP contribution in [0.15, 0.2) is 48.5 Å². The van der Waals surface area contributed by atoms with Crippen molar-refractivity contribution in [3.8, 4) is 16.3 Å². The molecule has 0 aliphatic heterocycles. The molecule has 2 aromatic carbocycles. The monoisotopic (exact) mass is 345 g/mol. The van der Waals surface area contributed by atoms with Gasteiger partial charge < -0.3 is 4.74 Å². The number of methoxy groups -OCH3 is 1. The van der Waals surface area contributed by atoms with Crippen LogP contribution < -0.4 is 10.1 Å². The second-order valence-electron chi connectivity index (χ2n) is 4.60. The third-order valence-electron chi connectivity index (χ3n) is 3.09. The Morgan fingerprint density at radius 2 is 1.78 bits per heavy atom. The molecule has 3 rings (SSSR count). The van der Waals surface area contributed by atoms with Gasteiger partial charge in [-0.2, -0.15) is 0 Å². The van der Waals surface area contributed by atoms with Crippen molar-refractivity contribution in [1.82, 2.24) is 10.2 Å². The van der Waals surface area contributed by atoms with Crippen molar-refractivity contribution in [2.75, 3.05) is 12.4 Å². The van der Waals surface area contributed by atoms with E-state index in [9.17, 15) is 4.79 Å². The third kappa shape index (κ3) is 3.67. The quantitative estimate of drug-likeness (QED) is 0.772. The molecule has 0 fully saturated rings. The van der Waals surface area contributed by atoms with Gasteiger partial charge in [0.25, 0.3) is 5.91 Å². The van der Waals surface area contributed by atoms with Crippen LogP contribution in [0.4, 0.5) is 5.13 Å². The first-order valence-corrected chi connectivity index (χ1v) is 7.90. The van der Waals surface area contributed by atoms with E-state index in [1.165, 1.54) is 11.3 Å². The summed E-state index contributed by atoms with van der Waals surface area (Å²) in [6.07, 6.45) is 0. The Hall–Kier alpha value is -2.44. The number of hydrogen-bond acceptors (Lipinski definition) is 5. The van der Waals surface area contributed by atoms with Crippen molar-refractivity contribution < 1.29 is 9.53 Å². The number of carbonyl (C=O) groups excluding carboxylic acids is 1. The van der Waals surface area contributed by atoms with E-state index in [0.29, 0.717) is 15.7 Å². The Balaban J connectivity index is 1.73. The number of benzene rings is 2. The molecule has 1 N–H and O–H groups in total. The summed E-state index contributed by atoms with van der Waals surface area (Å²) in [6.45, 7) is 0. The van der Waals surface area contributed by atoms with E-state index in [2.05, 4.69) is 15.5 Å². The number of amides is 1. The molecule has 3 aromatic rings. The molecule has 0 spiro atoms. The molecule has 0 atom stereocenters. The van der Waals surface area contributed by atoms with E-state index in [0.717, 1.165) is 16.3 Å². The van der Waals surface area contributed by atoms with Gasteiger partial charge in [-0.25, -0.2) is 0 Å². The van der Waals surface area contributed by atoms with Crippen LogP contribution in [-0.4, -0.2) is 23.2 Å². The second kappa shape index (κ2) is 6.76. The van der Waals surface area contributed by atoms with Gasteiger partial charge in [0.15, 0.2) is 0 Å². The first-order valence-electron chi connectivity index (χ1n) is 6.70. The second-order valence-corrected chi connectivity index (χ2v) is 6.02. The van der Waals surface area contributed by atoms with Gasteiger partial charge >= 0.3 is 0 Å². The summed E-state index contributed by atoms with van der Waals surface area (Å²) in [6, 6.07) is 14.1. The molecule has 1 heterocycles. The van der Waals surface area contributed by atoms with Crippen LogP contribution in [0.2, 0.25) is 5.02 Å². The van der Waals surface area contributed by atoms with Gasteiger partial charge in [-0.05, 0) is 48.5 Å². The minimum absolute atomic E-state index is 0.251. The highest BCUT2D eigenvalue weighted by Crippen LogP contribution is 2.28. The number of nitrogens with one attached hydrogen (secondary N) is 1. The maximum atomic E-state index is 12.1. The van der Waals surface area contributed by atoms with Crippen molar-refractivity contribution in [1.29, 1.82) is 0 Å². The highest BCUT2D eigenvalue weighted by atomic mass is 35.5. The van der Waals surface area contributed by atoms with Crippen molar-refractivity contribution >= 4 is 34.0 Å². The normalized spacial score (nSPS) is 10.3. The summed E-state index contributed by atoms with van der Waals surface area (Å²) in [7, 11) is 1.62. The van der Waals surface area contributed by atoms with Crippen molar-refractivity contribution in [3.63, 3.8) is 0 Å². The number of aromatic nitrogens is 2. The Morgan fingerprint density at radius 1 is 1.09 bits per heavy atom. The predicted octanol–water partition coefficient (Wildman–Crippen LogP) is 4.12. The zero-order valence-corrected chi connectivity index (χ0v) is 13.7. The third-order valence-corrected chi connectivity index (χ3v) is 4.23. The van der Waals surface area contributed by atoms with E-state index < -0.39 is 0 Å². The van der Waals surface area contributed by atoms with E-state index in [-0.39, 0.29) is 5.91 Å². The molecule has 0 aliphatic carbocycles. The Bertz CT molecular complexity index is 816. The fraction of sp³-hybridized carbons (Fsp3) is 0.0625. The molecule has 7 heteroatoms. The Morgan fingerprint density at radius 3 is 2.43 bits per heavy atom. The molecule has 23 heavy (non-hydrogen) atoms. The molecule has 0 saturated carbocycles. The van der Waals surface area contributed by atoms with Gasteiger partial charge in [0.05, 0.1) is 7.11 Å². The summed E-state index contributed by atoms with van der Waals surface area (Å²) >= 11 is 7.11. The molecular weight excluding hydrogens is 334 g/mol. The van der Waals surface area contributed by atoms with E-state index >= 15 is 0 Å². The lowest BCUT2D eigenvalue weighted by Gasteiger charge is -2.01. The van der Waals surface area contributed by atoms with Crippen molar-refractivity contribution in [3.05, 3.63) is 59.1 Å². The summed E-state index contributed by atoms with van der Waals surface area (Å²) < 4.78 is 5.12. The molecule has 5 nitrogen and oxygen atoms in total. The van der Waals surface area contributed by atoms with Gasteiger partial charge in [0.1, 0.15) is 10.8 Å². The van der Waals surface area contributed by atoms with Crippen LogP contribution >= 0.6 is 22.9 Å². The minimum Gasteiger partial charge on any atom is -0.497 e. The van der Waals surface area contributed by atoms with Gasteiger partial charge in [0, 0.05) is 16.1 Å². The number of hydrogen-bond donors (Lipinski definition) is 1. The number of carbonyl (C=O) groups is 1.